The second-order valence-corrected chi connectivity index (χ2v) is 5.47. The third-order valence-corrected chi connectivity index (χ3v) is 3.69. The van der Waals surface area contributed by atoms with E-state index < -0.39 is 10.8 Å². The maximum absolute atomic E-state index is 12.4. The lowest BCUT2D eigenvalue weighted by Gasteiger charge is -2.18. The van der Waals surface area contributed by atoms with E-state index in [1.165, 1.54) is 18.2 Å². The van der Waals surface area contributed by atoms with Gasteiger partial charge in [0.15, 0.2) is 0 Å². The van der Waals surface area contributed by atoms with Crippen molar-refractivity contribution in [3.63, 3.8) is 0 Å². The van der Waals surface area contributed by atoms with Crippen molar-refractivity contribution in [2.45, 2.75) is 19.9 Å². The average molecular weight is 329 g/mol. The molecule has 0 saturated carbocycles. The van der Waals surface area contributed by atoms with Crippen LogP contribution in [-0.2, 0) is 0 Å². The van der Waals surface area contributed by atoms with Crippen molar-refractivity contribution in [1.29, 1.82) is 0 Å². The van der Waals surface area contributed by atoms with E-state index in [9.17, 15) is 14.9 Å². The van der Waals surface area contributed by atoms with E-state index in [2.05, 4.69) is 5.32 Å². The van der Waals surface area contributed by atoms with Crippen LogP contribution < -0.4 is 15.8 Å². The molecule has 0 aromatic heterocycles. The van der Waals surface area contributed by atoms with Crippen LogP contribution in [0.1, 0.15) is 34.5 Å². The van der Waals surface area contributed by atoms with E-state index in [0.717, 1.165) is 11.1 Å². The fraction of sp³-hybridized carbons (Fsp3) is 0.235. The minimum absolute atomic E-state index is 0.0185. The van der Waals surface area contributed by atoms with Gasteiger partial charge in [0.2, 0.25) is 0 Å². The lowest BCUT2D eigenvalue weighted by molar-refractivity contribution is -0.383. The van der Waals surface area contributed by atoms with Crippen molar-refractivity contribution in [3.8, 4) is 5.75 Å². The molecule has 2 aromatic carbocycles. The SMILES string of the molecule is COc1ccc(C)cc1C(C)NC(=O)c1ccc(N)c([N+](=O)[O-])c1. The molecule has 7 heteroatoms. The van der Waals surface area contributed by atoms with Crippen molar-refractivity contribution in [3.05, 3.63) is 63.2 Å². The number of nitrogens with one attached hydrogen (secondary N) is 1. The van der Waals surface area contributed by atoms with Gasteiger partial charge in [-0.25, -0.2) is 0 Å². The van der Waals surface area contributed by atoms with E-state index in [-0.39, 0.29) is 23.0 Å². The van der Waals surface area contributed by atoms with Gasteiger partial charge in [0.05, 0.1) is 18.1 Å². The number of hydrogen-bond donors (Lipinski definition) is 2. The molecule has 24 heavy (non-hydrogen) atoms. The number of carbonyl (C=O) groups is 1. The summed E-state index contributed by atoms with van der Waals surface area (Å²) in [6.45, 7) is 3.77. The predicted octanol–water partition coefficient (Wildman–Crippen LogP) is 2.99. The van der Waals surface area contributed by atoms with Gasteiger partial charge in [0.1, 0.15) is 11.4 Å². The maximum atomic E-state index is 12.4. The summed E-state index contributed by atoms with van der Waals surface area (Å²) in [4.78, 5) is 22.7. The first-order chi connectivity index (χ1) is 11.3. The van der Waals surface area contributed by atoms with Gasteiger partial charge in [-0.2, -0.15) is 0 Å². The van der Waals surface area contributed by atoms with Gasteiger partial charge in [-0.05, 0) is 32.0 Å². The Bertz CT molecular complexity index is 789. The van der Waals surface area contributed by atoms with Crippen LogP contribution in [0.25, 0.3) is 0 Å². The summed E-state index contributed by atoms with van der Waals surface area (Å²) in [5.74, 6) is 0.242. The molecular weight excluding hydrogens is 310 g/mol. The van der Waals surface area contributed by atoms with Gasteiger partial charge < -0.3 is 15.8 Å². The van der Waals surface area contributed by atoms with Crippen molar-refractivity contribution in [1.82, 2.24) is 5.32 Å². The van der Waals surface area contributed by atoms with Gasteiger partial charge >= 0.3 is 0 Å². The molecule has 0 heterocycles. The lowest BCUT2D eigenvalue weighted by atomic mass is 10.0. The maximum Gasteiger partial charge on any atom is 0.292 e. The third-order valence-electron chi connectivity index (χ3n) is 3.69. The highest BCUT2D eigenvalue weighted by molar-refractivity contribution is 5.95. The number of methoxy groups -OCH3 is 1. The molecule has 1 unspecified atom stereocenters. The Morgan fingerprint density at radius 3 is 2.62 bits per heavy atom. The molecule has 0 radical (unpaired) electrons. The van der Waals surface area contributed by atoms with E-state index in [4.69, 9.17) is 10.5 Å². The van der Waals surface area contributed by atoms with Crippen molar-refractivity contribution < 1.29 is 14.5 Å². The van der Waals surface area contributed by atoms with Crippen molar-refractivity contribution in [2.75, 3.05) is 12.8 Å². The zero-order valence-corrected chi connectivity index (χ0v) is 13.7. The Balaban J connectivity index is 2.25. The number of nitrogen functional groups attached to an aromatic ring is 1. The Morgan fingerprint density at radius 2 is 2.00 bits per heavy atom. The number of aryl methyl sites for hydroxylation is 1. The molecule has 2 rings (SSSR count). The number of amides is 1. The van der Waals surface area contributed by atoms with Crippen LogP contribution in [0.2, 0.25) is 0 Å². The van der Waals surface area contributed by atoms with Gasteiger partial charge in [-0.3, -0.25) is 14.9 Å². The first-order valence-electron chi connectivity index (χ1n) is 7.32. The number of nitrogens with two attached hydrogens (primary N) is 1. The first kappa shape index (κ1) is 17.3. The Labute approximate surface area is 139 Å². The largest absolute Gasteiger partial charge is 0.496 e. The van der Waals surface area contributed by atoms with Crippen LogP contribution >= 0.6 is 0 Å². The zero-order valence-electron chi connectivity index (χ0n) is 13.7. The zero-order chi connectivity index (χ0) is 17.9. The van der Waals surface area contributed by atoms with Crippen LogP contribution in [0.15, 0.2) is 36.4 Å². The van der Waals surface area contributed by atoms with Crippen molar-refractivity contribution in [2.24, 2.45) is 0 Å². The second kappa shape index (κ2) is 6.99. The van der Waals surface area contributed by atoms with Gasteiger partial charge in [-0.15, -0.1) is 0 Å². The van der Waals surface area contributed by atoms with E-state index in [1.54, 1.807) is 7.11 Å². The van der Waals surface area contributed by atoms with E-state index >= 15 is 0 Å². The molecule has 0 aliphatic rings. The summed E-state index contributed by atoms with van der Waals surface area (Å²) in [5, 5.41) is 13.8. The predicted molar refractivity (Wildman–Crippen MR) is 91.1 cm³/mol. The highest BCUT2D eigenvalue weighted by Crippen LogP contribution is 2.27. The first-order valence-corrected chi connectivity index (χ1v) is 7.32. The molecule has 0 aliphatic carbocycles. The van der Waals surface area contributed by atoms with Gasteiger partial charge in [0, 0.05) is 17.2 Å². The molecule has 7 nitrogen and oxygen atoms in total. The van der Waals surface area contributed by atoms with E-state index in [1.807, 2.05) is 32.0 Å². The summed E-state index contributed by atoms with van der Waals surface area (Å²) < 4.78 is 5.32. The molecule has 3 N–H and O–H groups in total. The molecule has 0 bridgehead atoms. The Morgan fingerprint density at radius 1 is 1.29 bits per heavy atom. The number of carbonyl (C=O) groups excluding carboxylic acids is 1. The van der Waals surface area contributed by atoms with E-state index in [0.29, 0.717) is 5.75 Å². The van der Waals surface area contributed by atoms with Crippen molar-refractivity contribution >= 4 is 17.3 Å². The number of anilines is 1. The fourth-order valence-corrected chi connectivity index (χ4v) is 2.39. The minimum atomic E-state index is -0.612. The van der Waals surface area contributed by atoms with Crippen LogP contribution in [0.5, 0.6) is 5.75 Å². The molecule has 0 aliphatic heterocycles. The number of nitrogens with zero attached hydrogens (tertiary/aromatic N) is 1. The van der Waals surface area contributed by atoms with Crippen LogP contribution in [-0.4, -0.2) is 17.9 Å². The normalized spacial score (nSPS) is 11.6. The summed E-state index contributed by atoms with van der Waals surface area (Å²) >= 11 is 0. The number of nitro benzene ring substituents is 1. The van der Waals surface area contributed by atoms with Gasteiger partial charge in [-0.1, -0.05) is 17.7 Å². The summed E-state index contributed by atoms with van der Waals surface area (Å²) in [7, 11) is 1.56. The molecular formula is C17H19N3O4. The van der Waals surface area contributed by atoms with Crippen LogP contribution in [0.3, 0.4) is 0 Å². The highest BCUT2D eigenvalue weighted by atomic mass is 16.6. The summed E-state index contributed by atoms with van der Waals surface area (Å²) in [6, 6.07) is 9.33. The van der Waals surface area contributed by atoms with Crippen LogP contribution in [0, 0.1) is 17.0 Å². The quantitative estimate of drug-likeness (QED) is 0.498. The summed E-state index contributed by atoms with van der Waals surface area (Å²) in [6.07, 6.45) is 0. The molecule has 2 aromatic rings. The highest BCUT2D eigenvalue weighted by Gasteiger charge is 2.19. The molecule has 126 valence electrons. The smallest absolute Gasteiger partial charge is 0.292 e. The average Bonchev–Trinajstić information content (AvgIpc) is 2.54. The molecule has 0 saturated heterocycles. The Kier molecular flexibility index (Phi) is 5.03. The number of hydrogen-bond acceptors (Lipinski definition) is 5. The minimum Gasteiger partial charge on any atom is -0.496 e. The number of nitro groups is 1. The lowest BCUT2D eigenvalue weighted by Crippen LogP contribution is -2.27. The van der Waals surface area contributed by atoms with Gasteiger partial charge in [0.25, 0.3) is 11.6 Å². The molecule has 1 atom stereocenters. The second-order valence-electron chi connectivity index (χ2n) is 5.47. The Hall–Kier alpha value is -3.09. The molecule has 1 amide bonds. The number of rotatable bonds is 5. The standard InChI is InChI=1S/C17H19N3O4/c1-10-4-7-16(24-3)13(8-10)11(2)19-17(21)12-5-6-14(18)15(9-12)20(22)23/h4-9,11H,18H2,1-3H3,(H,19,21). The molecule has 0 spiro atoms. The van der Waals surface area contributed by atoms with Crippen LogP contribution in [0.4, 0.5) is 11.4 Å². The monoisotopic (exact) mass is 329 g/mol. The molecule has 0 fully saturated rings. The number of benzene rings is 2. The third kappa shape index (κ3) is 3.62. The number of ether oxygens (including phenoxy) is 1. The fourth-order valence-electron chi connectivity index (χ4n) is 2.39. The summed E-state index contributed by atoms with van der Waals surface area (Å²) in [5.41, 5.74) is 7.32. The topological polar surface area (TPSA) is 107 Å².